The van der Waals surface area contributed by atoms with Crippen molar-refractivity contribution in [3.8, 4) is 5.75 Å². The molecule has 0 atom stereocenters. The molecular formula is C19H17FN4O2S2. The zero-order valence-electron chi connectivity index (χ0n) is 15.0. The summed E-state index contributed by atoms with van der Waals surface area (Å²) in [5.74, 6) is 0.429. The van der Waals surface area contributed by atoms with Crippen LogP contribution in [0.2, 0.25) is 0 Å². The number of halogens is 1. The predicted octanol–water partition coefficient (Wildman–Crippen LogP) is 3.81. The number of hydrogen-bond donors (Lipinski definition) is 1. The Balaban J connectivity index is 1.41. The van der Waals surface area contributed by atoms with E-state index in [0.717, 1.165) is 20.5 Å². The number of carbonyl (C=O) groups excluding carboxylic acids is 1. The molecule has 3 rings (SSSR count). The molecule has 0 aliphatic rings. The normalized spacial score (nSPS) is 10.9. The third-order valence-electron chi connectivity index (χ3n) is 3.44. The molecule has 1 amide bonds. The Kier molecular flexibility index (Phi) is 7.10. The second-order valence-electron chi connectivity index (χ2n) is 5.65. The smallest absolute Gasteiger partial charge is 0.250 e. The predicted molar refractivity (Wildman–Crippen MR) is 108 cm³/mol. The summed E-state index contributed by atoms with van der Waals surface area (Å²) in [5.41, 5.74) is 4.18. The molecule has 1 N–H and O–H groups in total. The van der Waals surface area contributed by atoms with Gasteiger partial charge < -0.3 is 4.74 Å². The van der Waals surface area contributed by atoms with Crippen LogP contribution >= 0.6 is 23.1 Å². The van der Waals surface area contributed by atoms with Crippen LogP contribution in [0.3, 0.4) is 0 Å². The van der Waals surface area contributed by atoms with Gasteiger partial charge >= 0.3 is 0 Å². The summed E-state index contributed by atoms with van der Waals surface area (Å²) in [7, 11) is 0. The van der Waals surface area contributed by atoms with Gasteiger partial charge in [0.2, 0.25) is 0 Å². The molecule has 0 saturated carbocycles. The van der Waals surface area contributed by atoms with Crippen molar-refractivity contribution in [1.82, 2.24) is 15.6 Å². The summed E-state index contributed by atoms with van der Waals surface area (Å²) in [6, 6.07) is 13.4. The molecule has 0 unspecified atom stereocenters. The number of benzene rings is 2. The molecule has 0 bridgehead atoms. The molecule has 6 nitrogen and oxygen atoms in total. The number of hydrazone groups is 1. The Hall–Kier alpha value is -2.78. The lowest BCUT2D eigenvalue weighted by Gasteiger charge is -2.06. The first-order chi connectivity index (χ1) is 13.6. The fourth-order valence-corrected chi connectivity index (χ4v) is 3.68. The first kappa shape index (κ1) is 20.0. The van der Waals surface area contributed by atoms with Crippen LogP contribution in [-0.2, 0) is 11.4 Å². The number of ether oxygens (including phenoxy) is 1. The van der Waals surface area contributed by atoms with Crippen LogP contribution in [0.5, 0.6) is 5.75 Å². The lowest BCUT2D eigenvalue weighted by molar-refractivity contribution is -0.118. The van der Waals surface area contributed by atoms with Gasteiger partial charge in [-0.15, -0.1) is 10.2 Å². The zero-order chi connectivity index (χ0) is 19.8. The fraction of sp³-hybridized carbons (Fsp3) is 0.158. The van der Waals surface area contributed by atoms with Gasteiger partial charge in [0, 0.05) is 0 Å². The molecule has 0 aliphatic carbocycles. The molecule has 3 aromatic rings. The largest absolute Gasteiger partial charge is 0.489 e. The van der Waals surface area contributed by atoms with Gasteiger partial charge in [0.05, 0.1) is 12.0 Å². The Morgan fingerprint density at radius 2 is 1.96 bits per heavy atom. The van der Waals surface area contributed by atoms with E-state index < -0.39 is 0 Å². The average molecular weight is 417 g/mol. The molecule has 0 spiro atoms. The number of amides is 1. The summed E-state index contributed by atoms with van der Waals surface area (Å²) in [6.45, 7) is 2.22. The number of aryl methyl sites for hydroxylation is 1. The number of nitrogens with one attached hydrogen (secondary N) is 1. The molecule has 28 heavy (non-hydrogen) atoms. The maximum absolute atomic E-state index is 12.9. The number of hydrogen-bond acceptors (Lipinski definition) is 7. The molecule has 0 saturated heterocycles. The number of rotatable bonds is 8. The van der Waals surface area contributed by atoms with E-state index in [0.29, 0.717) is 12.4 Å². The number of nitrogens with zero attached hydrogens (tertiary/aromatic N) is 3. The first-order valence-electron chi connectivity index (χ1n) is 8.30. The Morgan fingerprint density at radius 1 is 1.21 bits per heavy atom. The van der Waals surface area contributed by atoms with Crippen LogP contribution in [0.15, 0.2) is 58.0 Å². The fourth-order valence-electron chi connectivity index (χ4n) is 2.07. The van der Waals surface area contributed by atoms with Crippen molar-refractivity contribution in [3.05, 3.63) is 70.5 Å². The molecule has 144 valence electrons. The maximum Gasteiger partial charge on any atom is 0.250 e. The van der Waals surface area contributed by atoms with Crippen molar-refractivity contribution in [2.45, 2.75) is 17.9 Å². The molecular weight excluding hydrogens is 399 g/mol. The maximum atomic E-state index is 12.9. The van der Waals surface area contributed by atoms with Gasteiger partial charge in [0.15, 0.2) is 4.34 Å². The second kappa shape index (κ2) is 9.95. The number of aromatic nitrogens is 2. The van der Waals surface area contributed by atoms with Crippen molar-refractivity contribution in [3.63, 3.8) is 0 Å². The lowest BCUT2D eigenvalue weighted by Crippen LogP contribution is -2.19. The quantitative estimate of drug-likeness (QED) is 0.343. The van der Waals surface area contributed by atoms with Crippen LogP contribution in [0.25, 0.3) is 0 Å². The molecule has 2 aromatic carbocycles. The van der Waals surface area contributed by atoms with E-state index in [1.54, 1.807) is 30.5 Å². The summed E-state index contributed by atoms with van der Waals surface area (Å²) in [5, 5.41) is 12.7. The van der Waals surface area contributed by atoms with Crippen LogP contribution in [0.4, 0.5) is 4.39 Å². The van der Waals surface area contributed by atoms with E-state index in [4.69, 9.17) is 4.74 Å². The third kappa shape index (κ3) is 6.43. The van der Waals surface area contributed by atoms with Gasteiger partial charge in [-0.05, 0) is 54.4 Å². The van der Waals surface area contributed by atoms with E-state index in [1.807, 2.05) is 19.1 Å². The standard InChI is InChI=1S/C19H17FN4O2S2/c1-13-22-24-19(28-13)27-12-18(25)23-21-10-14-4-8-17(9-5-14)26-11-15-2-6-16(20)7-3-15/h2-10H,11-12H2,1H3,(H,23,25)/b21-10+. The van der Waals surface area contributed by atoms with Crippen molar-refractivity contribution < 1.29 is 13.9 Å². The average Bonchev–Trinajstić information content (AvgIpc) is 3.12. The molecule has 0 aliphatic heterocycles. The SMILES string of the molecule is Cc1nnc(SCC(=O)N/N=C/c2ccc(OCc3ccc(F)cc3)cc2)s1. The van der Waals surface area contributed by atoms with Crippen molar-refractivity contribution >= 4 is 35.2 Å². The Bertz CT molecular complexity index is 943. The van der Waals surface area contributed by atoms with Crippen LogP contribution in [0, 0.1) is 12.7 Å². The van der Waals surface area contributed by atoms with Gasteiger partial charge in [0.1, 0.15) is 23.2 Å². The number of carbonyl (C=O) groups is 1. The zero-order valence-corrected chi connectivity index (χ0v) is 16.6. The summed E-state index contributed by atoms with van der Waals surface area (Å²) in [6.07, 6.45) is 1.56. The molecule has 1 heterocycles. The number of thioether (sulfide) groups is 1. The minimum absolute atomic E-state index is 0.214. The highest BCUT2D eigenvalue weighted by Crippen LogP contribution is 2.21. The van der Waals surface area contributed by atoms with Crippen molar-refractivity contribution in [1.29, 1.82) is 0 Å². The monoisotopic (exact) mass is 416 g/mol. The minimum Gasteiger partial charge on any atom is -0.489 e. The van der Waals surface area contributed by atoms with E-state index in [-0.39, 0.29) is 17.5 Å². The van der Waals surface area contributed by atoms with E-state index in [1.165, 1.54) is 35.2 Å². The third-order valence-corrected chi connectivity index (χ3v) is 5.41. The van der Waals surface area contributed by atoms with Gasteiger partial charge in [-0.3, -0.25) is 4.79 Å². The van der Waals surface area contributed by atoms with Gasteiger partial charge in [0.25, 0.3) is 5.91 Å². The van der Waals surface area contributed by atoms with Gasteiger partial charge in [-0.1, -0.05) is 35.2 Å². The highest BCUT2D eigenvalue weighted by Gasteiger charge is 2.05. The minimum atomic E-state index is -0.270. The molecule has 9 heteroatoms. The van der Waals surface area contributed by atoms with Crippen LogP contribution < -0.4 is 10.2 Å². The van der Waals surface area contributed by atoms with E-state index >= 15 is 0 Å². The lowest BCUT2D eigenvalue weighted by atomic mass is 10.2. The van der Waals surface area contributed by atoms with Crippen molar-refractivity contribution in [2.24, 2.45) is 5.10 Å². The second-order valence-corrected chi connectivity index (χ2v) is 8.06. The summed E-state index contributed by atoms with van der Waals surface area (Å²) < 4.78 is 19.3. The molecule has 0 radical (unpaired) electrons. The summed E-state index contributed by atoms with van der Waals surface area (Å²) in [4.78, 5) is 11.8. The van der Waals surface area contributed by atoms with E-state index in [2.05, 4.69) is 20.7 Å². The molecule has 0 fully saturated rings. The molecule has 1 aromatic heterocycles. The van der Waals surface area contributed by atoms with E-state index in [9.17, 15) is 9.18 Å². The highest BCUT2D eigenvalue weighted by molar-refractivity contribution is 8.01. The topological polar surface area (TPSA) is 76.5 Å². The van der Waals surface area contributed by atoms with Crippen molar-refractivity contribution in [2.75, 3.05) is 5.75 Å². The van der Waals surface area contributed by atoms with Gasteiger partial charge in [-0.25, -0.2) is 9.82 Å². The first-order valence-corrected chi connectivity index (χ1v) is 10.1. The van der Waals surface area contributed by atoms with Gasteiger partial charge in [-0.2, -0.15) is 5.10 Å². The summed E-state index contributed by atoms with van der Waals surface area (Å²) >= 11 is 2.77. The Labute approximate surface area is 169 Å². The van der Waals surface area contributed by atoms with Crippen LogP contribution in [0.1, 0.15) is 16.1 Å². The Morgan fingerprint density at radius 3 is 2.64 bits per heavy atom. The highest BCUT2D eigenvalue weighted by atomic mass is 32.2. The van der Waals surface area contributed by atoms with Crippen LogP contribution in [-0.4, -0.2) is 28.1 Å².